The standard InChI is InChI=1S/C46H30N4S2/c1-28(31-19-11-25-41-43(31)34-17-4-8-23-39(34)51-41)48-46(49-45(47)36-20-12-26-42-44(36)35-18-5-9-24-40(35)52-42)29-13-10-14-30(27-29)50-37-21-6-2-15-32(37)33-16-3-7-22-38(33)50/h2-27H,1H2,(H2,47,48,49). The van der Waals surface area contributed by atoms with E-state index in [2.05, 4.69) is 169 Å². The number of amidine groups is 2. The smallest absolute Gasteiger partial charge is 0.162 e. The van der Waals surface area contributed by atoms with Crippen LogP contribution >= 0.6 is 22.7 Å². The first kappa shape index (κ1) is 30.5. The number of nitrogens with zero attached hydrogens (tertiary/aromatic N) is 3. The van der Waals surface area contributed by atoms with Gasteiger partial charge in [-0.25, -0.2) is 9.98 Å². The third-order valence-corrected chi connectivity index (χ3v) is 12.1. The Morgan fingerprint density at radius 2 is 1.00 bits per heavy atom. The second-order valence-electron chi connectivity index (χ2n) is 12.9. The lowest BCUT2D eigenvalue weighted by molar-refractivity contribution is 1.18. The number of hydrogen-bond acceptors (Lipinski definition) is 3. The molecule has 246 valence electrons. The number of hydrogen-bond donors (Lipinski definition) is 1. The number of thiophene rings is 2. The molecule has 0 spiro atoms. The minimum absolute atomic E-state index is 0.405. The van der Waals surface area contributed by atoms with Gasteiger partial charge in [0.25, 0.3) is 0 Å². The summed E-state index contributed by atoms with van der Waals surface area (Å²) in [5, 5.41) is 7.05. The topological polar surface area (TPSA) is 55.7 Å². The average Bonchev–Trinajstić information content (AvgIpc) is 3.87. The van der Waals surface area contributed by atoms with Gasteiger partial charge in [0.1, 0.15) is 5.84 Å². The molecule has 52 heavy (non-hydrogen) atoms. The van der Waals surface area contributed by atoms with Crippen LogP contribution in [-0.4, -0.2) is 16.2 Å². The first-order chi connectivity index (χ1) is 25.6. The van der Waals surface area contributed by atoms with Crippen molar-refractivity contribution in [3.8, 4) is 5.69 Å². The third-order valence-electron chi connectivity index (χ3n) is 9.80. The van der Waals surface area contributed by atoms with Crippen LogP contribution in [0.2, 0.25) is 0 Å². The molecule has 7 aromatic carbocycles. The summed E-state index contributed by atoms with van der Waals surface area (Å²) >= 11 is 3.55. The van der Waals surface area contributed by atoms with Crippen molar-refractivity contribution in [2.45, 2.75) is 0 Å². The molecule has 0 amide bonds. The molecule has 10 rings (SSSR count). The maximum absolute atomic E-state index is 7.03. The molecule has 0 aliphatic rings. The van der Waals surface area contributed by atoms with Gasteiger partial charge in [-0.15, -0.1) is 22.7 Å². The zero-order valence-electron chi connectivity index (χ0n) is 28.0. The molecule has 0 saturated heterocycles. The van der Waals surface area contributed by atoms with Gasteiger partial charge < -0.3 is 10.3 Å². The third kappa shape index (κ3) is 4.88. The average molecular weight is 703 g/mol. The molecule has 0 atom stereocenters. The summed E-state index contributed by atoms with van der Waals surface area (Å²) in [6.07, 6.45) is 0. The van der Waals surface area contributed by atoms with Gasteiger partial charge in [0, 0.05) is 73.5 Å². The number of rotatable bonds is 5. The first-order valence-electron chi connectivity index (χ1n) is 17.1. The summed E-state index contributed by atoms with van der Waals surface area (Å²) in [5.41, 5.74) is 13.7. The van der Waals surface area contributed by atoms with Gasteiger partial charge in [-0.05, 0) is 48.5 Å². The van der Waals surface area contributed by atoms with E-state index in [4.69, 9.17) is 15.7 Å². The minimum atomic E-state index is 0.405. The summed E-state index contributed by atoms with van der Waals surface area (Å²) in [7, 11) is 0. The van der Waals surface area contributed by atoms with Crippen LogP contribution in [0.15, 0.2) is 174 Å². The van der Waals surface area contributed by atoms with E-state index >= 15 is 0 Å². The monoisotopic (exact) mass is 702 g/mol. The lowest BCUT2D eigenvalue weighted by atomic mass is 10.0. The summed E-state index contributed by atoms with van der Waals surface area (Å²) < 4.78 is 7.13. The Balaban J connectivity index is 1.19. The molecule has 10 aromatic rings. The highest BCUT2D eigenvalue weighted by Crippen LogP contribution is 2.39. The molecule has 0 radical (unpaired) electrons. The van der Waals surface area contributed by atoms with Crippen molar-refractivity contribution in [2.24, 2.45) is 15.7 Å². The van der Waals surface area contributed by atoms with Crippen molar-refractivity contribution in [2.75, 3.05) is 0 Å². The van der Waals surface area contributed by atoms with Gasteiger partial charge in [0.05, 0.1) is 16.7 Å². The van der Waals surface area contributed by atoms with Gasteiger partial charge in [0.2, 0.25) is 0 Å². The summed E-state index contributed by atoms with van der Waals surface area (Å²) in [6.45, 7) is 4.55. The number of aliphatic imine (C=N–C) groups is 2. The van der Waals surface area contributed by atoms with Crippen LogP contribution < -0.4 is 5.73 Å². The van der Waals surface area contributed by atoms with E-state index in [9.17, 15) is 0 Å². The lowest BCUT2D eigenvalue weighted by Crippen LogP contribution is -2.17. The lowest BCUT2D eigenvalue weighted by Gasteiger charge is -2.12. The van der Waals surface area contributed by atoms with Crippen LogP contribution in [0.3, 0.4) is 0 Å². The molecule has 6 heteroatoms. The number of nitrogens with two attached hydrogens (primary N) is 1. The highest BCUT2D eigenvalue weighted by molar-refractivity contribution is 7.26. The molecule has 0 fully saturated rings. The number of fused-ring (bicyclic) bond motifs is 9. The molecule has 3 heterocycles. The highest BCUT2D eigenvalue weighted by atomic mass is 32.1. The molecule has 0 aliphatic carbocycles. The summed E-state index contributed by atoms with van der Waals surface area (Å²) in [4.78, 5) is 10.4. The second kappa shape index (κ2) is 12.2. The van der Waals surface area contributed by atoms with Crippen LogP contribution in [0.5, 0.6) is 0 Å². The Kier molecular flexibility index (Phi) is 7.13. The molecular formula is C46H30N4S2. The van der Waals surface area contributed by atoms with Crippen LogP contribution in [-0.2, 0) is 0 Å². The van der Waals surface area contributed by atoms with Crippen molar-refractivity contribution < 1.29 is 0 Å². The van der Waals surface area contributed by atoms with Crippen LogP contribution in [0.4, 0.5) is 0 Å². The highest BCUT2D eigenvalue weighted by Gasteiger charge is 2.17. The second-order valence-corrected chi connectivity index (χ2v) is 15.0. The maximum Gasteiger partial charge on any atom is 0.162 e. The normalized spacial score (nSPS) is 12.6. The van der Waals surface area contributed by atoms with Gasteiger partial charge in [-0.2, -0.15) is 0 Å². The summed E-state index contributed by atoms with van der Waals surface area (Å²) in [5.74, 6) is 0.903. The Morgan fingerprint density at radius 1 is 0.500 bits per heavy atom. The zero-order chi connectivity index (χ0) is 34.8. The van der Waals surface area contributed by atoms with Crippen LogP contribution in [0.25, 0.3) is 73.5 Å². The van der Waals surface area contributed by atoms with Gasteiger partial charge in [-0.1, -0.05) is 116 Å². The van der Waals surface area contributed by atoms with Gasteiger partial charge in [-0.3, -0.25) is 0 Å². The van der Waals surface area contributed by atoms with E-state index in [-0.39, 0.29) is 0 Å². The Labute approximate surface area is 307 Å². The van der Waals surface area contributed by atoms with Crippen molar-refractivity contribution in [1.82, 2.24) is 4.57 Å². The molecule has 2 N–H and O–H groups in total. The zero-order valence-corrected chi connectivity index (χ0v) is 29.6. The van der Waals surface area contributed by atoms with Gasteiger partial charge >= 0.3 is 0 Å². The predicted molar refractivity (Wildman–Crippen MR) is 226 cm³/mol. The molecule has 3 aromatic heterocycles. The molecule has 0 unspecified atom stereocenters. The van der Waals surface area contributed by atoms with Crippen molar-refractivity contribution in [3.05, 3.63) is 181 Å². The van der Waals surface area contributed by atoms with E-state index in [1.165, 1.54) is 40.3 Å². The van der Waals surface area contributed by atoms with E-state index in [1.54, 1.807) is 22.7 Å². The SMILES string of the molecule is C=C(N=C(N=C(N)c1cccc2sc3ccccc3c12)c1cccc(-n2c3ccccc3c3ccccc32)c1)c1cccc2sc3ccccc3c12. The first-order valence-corrected chi connectivity index (χ1v) is 18.8. The van der Waals surface area contributed by atoms with Crippen molar-refractivity contribution >= 4 is 102 Å². The van der Waals surface area contributed by atoms with E-state index in [0.29, 0.717) is 17.4 Å². The quantitative estimate of drug-likeness (QED) is 0.141. The van der Waals surface area contributed by atoms with E-state index in [1.807, 2.05) is 0 Å². The fourth-order valence-corrected chi connectivity index (χ4v) is 9.77. The van der Waals surface area contributed by atoms with Crippen LogP contribution in [0, 0.1) is 0 Å². The summed E-state index contributed by atoms with van der Waals surface area (Å²) in [6, 6.07) is 55.1. The fourth-order valence-electron chi connectivity index (χ4n) is 7.50. The number of benzene rings is 7. The number of aromatic nitrogens is 1. The fraction of sp³-hybridized carbons (Fsp3) is 0. The predicted octanol–water partition coefficient (Wildman–Crippen LogP) is 12.3. The van der Waals surface area contributed by atoms with Gasteiger partial charge in [0.15, 0.2) is 5.84 Å². The van der Waals surface area contributed by atoms with E-state index < -0.39 is 0 Å². The van der Waals surface area contributed by atoms with Crippen molar-refractivity contribution in [1.29, 1.82) is 0 Å². The molecule has 0 aliphatic heterocycles. The van der Waals surface area contributed by atoms with Crippen LogP contribution in [0.1, 0.15) is 16.7 Å². The molecule has 0 bridgehead atoms. The Hall–Kier alpha value is -6.34. The van der Waals surface area contributed by atoms with Crippen molar-refractivity contribution in [3.63, 3.8) is 0 Å². The maximum atomic E-state index is 7.03. The van der Waals surface area contributed by atoms with E-state index in [0.717, 1.165) is 44.2 Å². The number of para-hydroxylation sites is 2. The largest absolute Gasteiger partial charge is 0.383 e. The molecular weight excluding hydrogens is 673 g/mol. The minimum Gasteiger partial charge on any atom is -0.383 e. The Bertz CT molecular complexity index is 3060. The molecule has 4 nitrogen and oxygen atoms in total. The Morgan fingerprint density at radius 3 is 1.63 bits per heavy atom. The molecule has 0 saturated carbocycles.